The Labute approximate surface area is 148 Å². The number of hydrogen-bond donors (Lipinski definition) is 0. The molecule has 25 heavy (non-hydrogen) atoms. The van der Waals surface area contributed by atoms with Crippen molar-refractivity contribution < 1.29 is 22.3 Å². The lowest BCUT2D eigenvalue weighted by Gasteiger charge is -2.35. The Morgan fingerprint density at radius 2 is 2.04 bits per heavy atom. The van der Waals surface area contributed by atoms with E-state index in [0.717, 1.165) is 32.1 Å². The summed E-state index contributed by atoms with van der Waals surface area (Å²) in [4.78, 5) is 17.6. The van der Waals surface area contributed by atoms with Gasteiger partial charge in [0.25, 0.3) is 0 Å². The molecule has 2 rings (SSSR count). The first-order valence-electron chi connectivity index (χ1n) is 8.55. The van der Waals surface area contributed by atoms with E-state index in [1.54, 1.807) is 11.9 Å². The summed E-state index contributed by atoms with van der Waals surface area (Å²) in [6.07, 6.45) is 6.12. The minimum absolute atomic E-state index is 0.0530. The smallest absolute Gasteiger partial charge is 0.361 e. The number of sulfone groups is 1. The van der Waals surface area contributed by atoms with Crippen LogP contribution in [0.3, 0.4) is 0 Å². The first kappa shape index (κ1) is 19.8. The molecular weight excluding hydrogens is 347 g/mol. The molecule has 0 bridgehead atoms. The molecule has 1 aliphatic carbocycles. The molecule has 1 aromatic heterocycles. The van der Waals surface area contributed by atoms with E-state index < -0.39 is 32.4 Å². The summed E-state index contributed by atoms with van der Waals surface area (Å²) in [7, 11) is -3.00. The van der Waals surface area contributed by atoms with Crippen LogP contribution in [0, 0.1) is 0 Å². The predicted molar refractivity (Wildman–Crippen MR) is 91.4 cm³/mol. The summed E-state index contributed by atoms with van der Waals surface area (Å²) >= 11 is 0. The van der Waals surface area contributed by atoms with E-state index in [-0.39, 0.29) is 12.6 Å². The van der Waals surface area contributed by atoms with Gasteiger partial charge in [-0.2, -0.15) is 0 Å². The van der Waals surface area contributed by atoms with Crippen LogP contribution in [0.4, 0.5) is 4.39 Å². The Kier molecular flexibility index (Phi) is 6.51. The summed E-state index contributed by atoms with van der Waals surface area (Å²) in [5.41, 5.74) is 0. The van der Waals surface area contributed by atoms with Crippen molar-refractivity contribution in [3.8, 4) is 0 Å². The van der Waals surface area contributed by atoms with Crippen LogP contribution in [-0.2, 0) is 19.4 Å². The number of hydrogen-bond acceptors (Lipinski definition) is 6. The maximum Gasteiger partial charge on any atom is 0.361 e. The number of nitrogens with zero attached hydrogens (tertiary/aromatic N) is 2. The monoisotopic (exact) mass is 372 g/mol. The van der Waals surface area contributed by atoms with Crippen LogP contribution < -0.4 is 0 Å². The Bertz CT molecular complexity index is 677. The molecule has 8 heteroatoms. The molecule has 1 saturated carbocycles. The van der Waals surface area contributed by atoms with E-state index in [4.69, 9.17) is 4.74 Å². The number of alkyl halides is 1. The fraction of sp³-hybridized carbons (Fsp3) is 0.647. The van der Waals surface area contributed by atoms with Gasteiger partial charge in [-0.05, 0) is 38.9 Å². The van der Waals surface area contributed by atoms with E-state index >= 15 is 4.39 Å². The molecule has 0 radical (unpaired) electrons. The average molecular weight is 372 g/mol. The van der Waals surface area contributed by atoms with E-state index in [2.05, 4.69) is 4.98 Å². The van der Waals surface area contributed by atoms with Crippen LogP contribution in [0.2, 0.25) is 0 Å². The van der Waals surface area contributed by atoms with Gasteiger partial charge >= 0.3 is 11.0 Å². The number of carbonyl (C=O) groups is 1. The van der Waals surface area contributed by atoms with Gasteiger partial charge in [-0.3, -0.25) is 4.90 Å². The van der Waals surface area contributed by atoms with Gasteiger partial charge in [0.2, 0.25) is 9.84 Å². The van der Waals surface area contributed by atoms with E-state index in [1.165, 1.54) is 31.3 Å². The lowest BCUT2D eigenvalue weighted by molar-refractivity contribution is -0.152. The molecule has 1 unspecified atom stereocenters. The summed E-state index contributed by atoms with van der Waals surface area (Å²) in [5.74, 6) is -1.39. The number of carbonyl (C=O) groups excluding carboxylic acids is 1. The largest absolute Gasteiger partial charge is 0.463 e. The number of rotatable bonds is 7. The van der Waals surface area contributed by atoms with Crippen LogP contribution in [0.15, 0.2) is 29.4 Å². The SMILES string of the molecule is CCOC(=O)C(F)(CN(C)C1CCCCC1)S(=O)(=O)c1ccccn1. The fourth-order valence-electron chi connectivity index (χ4n) is 3.14. The Morgan fingerprint density at radius 3 is 2.60 bits per heavy atom. The topological polar surface area (TPSA) is 76.6 Å². The second-order valence-electron chi connectivity index (χ2n) is 6.33. The summed E-state index contributed by atoms with van der Waals surface area (Å²) in [6, 6.07) is 4.20. The second-order valence-corrected chi connectivity index (χ2v) is 8.40. The first-order valence-corrected chi connectivity index (χ1v) is 10.0. The van der Waals surface area contributed by atoms with E-state index in [1.807, 2.05) is 0 Å². The second kappa shape index (κ2) is 8.23. The van der Waals surface area contributed by atoms with Crippen LogP contribution >= 0.6 is 0 Å². The molecule has 1 atom stereocenters. The van der Waals surface area contributed by atoms with Crippen molar-refractivity contribution in [2.24, 2.45) is 0 Å². The zero-order valence-electron chi connectivity index (χ0n) is 14.7. The summed E-state index contributed by atoms with van der Waals surface area (Å²) < 4.78 is 46.1. The van der Waals surface area contributed by atoms with Crippen molar-refractivity contribution in [2.75, 3.05) is 20.2 Å². The van der Waals surface area contributed by atoms with Crippen molar-refractivity contribution in [3.63, 3.8) is 0 Å². The number of halogens is 1. The first-order chi connectivity index (χ1) is 11.8. The number of esters is 1. The molecule has 6 nitrogen and oxygen atoms in total. The molecule has 1 heterocycles. The highest BCUT2D eigenvalue weighted by atomic mass is 32.2. The quantitative estimate of drug-likeness (QED) is 0.684. The highest BCUT2D eigenvalue weighted by Crippen LogP contribution is 2.31. The maximum atomic E-state index is 15.7. The van der Waals surface area contributed by atoms with E-state index in [0.29, 0.717) is 0 Å². The highest BCUT2D eigenvalue weighted by molar-refractivity contribution is 7.93. The molecule has 0 saturated heterocycles. The zero-order chi connectivity index (χ0) is 18.5. The Hall–Kier alpha value is -1.54. The summed E-state index contributed by atoms with van der Waals surface area (Å²) in [5, 5.41) is -3.66. The minimum atomic E-state index is -4.65. The van der Waals surface area contributed by atoms with Gasteiger partial charge in [0, 0.05) is 12.2 Å². The summed E-state index contributed by atoms with van der Waals surface area (Å²) in [6.45, 7) is 0.835. The van der Waals surface area contributed by atoms with Gasteiger partial charge in [0.15, 0.2) is 5.03 Å². The van der Waals surface area contributed by atoms with Gasteiger partial charge in [0.1, 0.15) is 0 Å². The van der Waals surface area contributed by atoms with Gasteiger partial charge in [-0.1, -0.05) is 25.3 Å². The minimum Gasteiger partial charge on any atom is -0.463 e. The number of aromatic nitrogens is 1. The average Bonchev–Trinajstić information content (AvgIpc) is 2.63. The molecule has 0 aromatic carbocycles. The predicted octanol–water partition coefficient (Wildman–Crippen LogP) is 2.35. The Balaban J connectivity index is 2.35. The zero-order valence-corrected chi connectivity index (χ0v) is 15.5. The molecule has 1 fully saturated rings. The Morgan fingerprint density at radius 1 is 1.36 bits per heavy atom. The molecule has 1 aromatic rings. The third-order valence-corrected chi connectivity index (χ3v) is 6.51. The van der Waals surface area contributed by atoms with Crippen LogP contribution in [-0.4, -0.2) is 55.5 Å². The van der Waals surface area contributed by atoms with Crippen molar-refractivity contribution in [1.82, 2.24) is 9.88 Å². The lowest BCUT2D eigenvalue weighted by Crippen LogP contribution is -2.53. The third kappa shape index (κ3) is 4.17. The molecule has 0 N–H and O–H groups in total. The third-order valence-electron chi connectivity index (χ3n) is 4.57. The van der Waals surface area contributed by atoms with Gasteiger partial charge in [0.05, 0.1) is 13.2 Å². The lowest BCUT2D eigenvalue weighted by atomic mass is 9.94. The molecule has 0 amide bonds. The van der Waals surface area contributed by atoms with Gasteiger partial charge in [-0.15, -0.1) is 0 Å². The van der Waals surface area contributed by atoms with Crippen molar-refractivity contribution in [3.05, 3.63) is 24.4 Å². The van der Waals surface area contributed by atoms with Crippen molar-refractivity contribution in [2.45, 2.75) is 55.1 Å². The van der Waals surface area contributed by atoms with Crippen molar-refractivity contribution in [1.29, 1.82) is 0 Å². The number of ether oxygens (including phenoxy) is 1. The molecule has 140 valence electrons. The van der Waals surface area contributed by atoms with Crippen LogP contribution in [0.5, 0.6) is 0 Å². The standard InChI is InChI=1S/C17H25FN2O4S/c1-3-24-16(21)17(18,13-20(2)14-9-5-4-6-10-14)25(22,23)15-11-7-8-12-19-15/h7-8,11-12,14H,3-6,9-10,13H2,1-2H3. The fourth-order valence-corrected chi connectivity index (χ4v) is 4.58. The van der Waals surface area contributed by atoms with Crippen molar-refractivity contribution >= 4 is 15.8 Å². The molecule has 0 spiro atoms. The van der Waals surface area contributed by atoms with Crippen LogP contribution in [0.1, 0.15) is 39.0 Å². The van der Waals surface area contributed by atoms with Crippen LogP contribution in [0.25, 0.3) is 0 Å². The number of pyridine rings is 1. The normalized spacial score (nSPS) is 18.7. The molecular formula is C17H25FN2O4S. The maximum absolute atomic E-state index is 15.7. The molecule has 1 aliphatic rings. The highest BCUT2D eigenvalue weighted by Gasteiger charge is 2.55. The van der Waals surface area contributed by atoms with E-state index in [9.17, 15) is 13.2 Å². The van der Waals surface area contributed by atoms with Gasteiger partial charge < -0.3 is 4.74 Å². The molecule has 0 aliphatic heterocycles. The van der Waals surface area contributed by atoms with Gasteiger partial charge in [-0.25, -0.2) is 22.6 Å².